The number of rotatable bonds is 36. The van der Waals surface area contributed by atoms with Crippen LogP contribution in [0.3, 0.4) is 0 Å². The molecule has 0 saturated heterocycles. The van der Waals surface area contributed by atoms with Crippen LogP contribution in [0, 0.1) is 0 Å². The van der Waals surface area contributed by atoms with Gasteiger partial charge in [-0.25, -0.2) is 4.57 Å². The molecular weight excluding hydrogens is 663 g/mol. The van der Waals surface area contributed by atoms with Gasteiger partial charge in [0.15, 0.2) is 6.10 Å². The van der Waals surface area contributed by atoms with Gasteiger partial charge in [-0.15, -0.1) is 0 Å². The summed E-state index contributed by atoms with van der Waals surface area (Å²) in [5.41, 5.74) is 0. The highest BCUT2D eigenvalue weighted by Crippen LogP contribution is 2.36. The van der Waals surface area contributed by atoms with Crippen LogP contribution in [-0.4, -0.2) is 41.0 Å². The molecule has 0 bridgehead atoms. The molecular formula is C42H73O8P. The topological polar surface area (TPSA) is 119 Å². The maximum atomic E-state index is 12.4. The molecule has 8 nitrogen and oxygen atoms in total. The van der Waals surface area contributed by atoms with Crippen molar-refractivity contribution in [3.8, 4) is 0 Å². The van der Waals surface area contributed by atoms with Gasteiger partial charge in [-0.05, 0) is 77.0 Å². The van der Waals surface area contributed by atoms with E-state index in [1.165, 1.54) is 77.0 Å². The summed E-state index contributed by atoms with van der Waals surface area (Å²) in [6, 6.07) is 0. The summed E-state index contributed by atoms with van der Waals surface area (Å²) in [4.78, 5) is 42.7. The third-order valence-electron chi connectivity index (χ3n) is 8.26. The Kier molecular flexibility index (Phi) is 35.9. The molecule has 0 amide bonds. The number of ether oxygens (including phenoxy) is 2. The highest BCUT2D eigenvalue weighted by molar-refractivity contribution is 7.46. The van der Waals surface area contributed by atoms with Crippen molar-refractivity contribution in [2.24, 2.45) is 0 Å². The van der Waals surface area contributed by atoms with E-state index in [9.17, 15) is 14.2 Å². The van der Waals surface area contributed by atoms with Gasteiger partial charge in [-0.2, -0.15) is 0 Å². The van der Waals surface area contributed by atoms with E-state index < -0.39 is 32.5 Å². The Bertz CT molecular complexity index is 1010. The zero-order chi connectivity index (χ0) is 37.5. The number of phosphoric ester groups is 1. The summed E-state index contributed by atoms with van der Waals surface area (Å²) in [5.74, 6) is -0.963. The van der Waals surface area contributed by atoms with Gasteiger partial charge in [-0.3, -0.25) is 14.1 Å². The first-order valence-corrected chi connectivity index (χ1v) is 21.6. The lowest BCUT2D eigenvalue weighted by molar-refractivity contribution is -0.161. The van der Waals surface area contributed by atoms with Crippen LogP contribution in [-0.2, 0) is 28.2 Å². The fourth-order valence-electron chi connectivity index (χ4n) is 5.24. The minimum atomic E-state index is -4.77. The van der Waals surface area contributed by atoms with Crippen molar-refractivity contribution in [3.63, 3.8) is 0 Å². The largest absolute Gasteiger partial charge is 0.469 e. The number of esters is 2. The van der Waals surface area contributed by atoms with Crippen molar-refractivity contribution < 1.29 is 37.9 Å². The summed E-state index contributed by atoms with van der Waals surface area (Å²) in [6.45, 7) is 3.59. The Morgan fingerprint density at radius 3 is 1.43 bits per heavy atom. The van der Waals surface area contributed by atoms with Crippen LogP contribution in [0.2, 0.25) is 0 Å². The summed E-state index contributed by atoms with van der Waals surface area (Å²) in [6.07, 6.45) is 46.6. The maximum Gasteiger partial charge on any atom is 0.469 e. The first-order valence-electron chi connectivity index (χ1n) is 20.1. The smallest absolute Gasteiger partial charge is 0.462 e. The van der Waals surface area contributed by atoms with E-state index >= 15 is 0 Å². The number of unbranched alkanes of at least 4 members (excludes halogenated alkanes) is 16. The van der Waals surface area contributed by atoms with Crippen LogP contribution in [0.5, 0.6) is 0 Å². The minimum absolute atomic E-state index is 0.188. The molecule has 0 aliphatic heterocycles. The van der Waals surface area contributed by atoms with Crippen molar-refractivity contribution in [2.75, 3.05) is 13.2 Å². The van der Waals surface area contributed by atoms with E-state index in [0.29, 0.717) is 12.8 Å². The maximum absolute atomic E-state index is 12.4. The Morgan fingerprint density at radius 1 is 0.510 bits per heavy atom. The predicted molar refractivity (Wildman–Crippen MR) is 211 cm³/mol. The molecule has 51 heavy (non-hydrogen) atoms. The monoisotopic (exact) mass is 737 g/mol. The normalized spacial score (nSPS) is 13.1. The number of phosphoric acid groups is 1. The van der Waals surface area contributed by atoms with Crippen LogP contribution in [0.4, 0.5) is 0 Å². The molecule has 0 aromatic heterocycles. The van der Waals surface area contributed by atoms with Crippen LogP contribution in [0.15, 0.2) is 60.8 Å². The van der Waals surface area contributed by atoms with Gasteiger partial charge in [-0.1, -0.05) is 145 Å². The summed E-state index contributed by atoms with van der Waals surface area (Å²) < 4.78 is 26.3. The molecule has 0 fully saturated rings. The van der Waals surface area contributed by atoms with Gasteiger partial charge in [0.25, 0.3) is 0 Å². The van der Waals surface area contributed by atoms with Gasteiger partial charge in [0.05, 0.1) is 6.61 Å². The molecule has 0 aliphatic carbocycles. The lowest BCUT2D eigenvalue weighted by Gasteiger charge is -2.18. The standard InChI is InChI=1S/C42H73O8P/c1-3-5-7-9-11-13-15-17-19-21-23-24-26-28-30-32-34-36-41(43)48-38-40(39-49-51(45,46)47)50-42(44)37-35-33-31-29-27-25-22-20-18-16-14-12-10-8-6-4-2/h11,13,17,19-20,22-24,28,30,40H,3-10,12,14-16,18,21,25-27,29,31-39H2,1-2H3,(H2,45,46,47)/b13-11-,19-17-,22-20-,24-23-,30-28-/t40-/m1/s1. The number of carbonyl (C=O) groups excluding carboxylic acids is 2. The number of allylic oxidation sites excluding steroid dienone is 10. The van der Waals surface area contributed by atoms with E-state index in [4.69, 9.17) is 19.3 Å². The van der Waals surface area contributed by atoms with Gasteiger partial charge >= 0.3 is 19.8 Å². The Morgan fingerprint density at radius 2 is 0.902 bits per heavy atom. The first kappa shape index (κ1) is 48.8. The summed E-state index contributed by atoms with van der Waals surface area (Å²) in [5, 5.41) is 0. The van der Waals surface area contributed by atoms with Crippen LogP contribution in [0.25, 0.3) is 0 Å². The second-order valence-electron chi connectivity index (χ2n) is 13.2. The molecule has 0 aliphatic rings. The Balaban J connectivity index is 4.06. The lowest BCUT2D eigenvalue weighted by Crippen LogP contribution is -2.29. The third-order valence-corrected chi connectivity index (χ3v) is 8.74. The van der Waals surface area contributed by atoms with Crippen molar-refractivity contribution in [3.05, 3.63) is 60.8 Å². The number of carbonyl (C=O) groups is 2. The lowest BCUT2D eigenvalue weighted by atomic mass is 10.1. The van der Waals surface area contributed by atoms with E-state index in [2.05, 4.69) is 73.1 Å². The Hall–Kier alpha value is -2.25. The van der Waals surface area contributed by atoms with Crippen LogP contribution >= 0.6 is 7.82 Å². The first-order chi connectivity index (χ1) is 24.8. The molecule has 2 N–H and O–H groups in total. The molecule has 0 spiro atoms. The third kappa shape index (κ3) is 40.4. The molecule has 294 valence electrons. The second-order valence-corrected chi connectivity index (χ2v) is 14.5. The number of hydrogen-bond donors (Lipinski definition) is 2. The van der Waals surface area contributed by atoms with Crippen molar-refractivity contribution in [1.29, 1.82) is 0 Å². The molecule has 0 aromatic carbocycles. The molecule has 0 rings (SSSR count). The fourth-order valence-corrected chi connectivity index (χ4v) is 5.60. The molecule has 1 atom stereocenters. The van der Waals surface area contributed by atoms with Crippen molar-refractivity contribution in [2.45, 2.75) is 180 Å². The fraction of sp³-hybridized carbons (Fsp3) is 0.714. The van der Waals surface area contributed by atoms with Crippen molar-refractivity contribution >= 4 is 19.8 Å². The second kappa shape index (κ2) is 37.5. The molecule has 0 saturated carbocycles. The van der Waals surface area contributed by atoms with E-state index in [1.54, 1.807) is 0 Å². The SMILES string of the molecule is CCCCC/C=C\C/C=C\C/C=C\C/C=C\CCCC(=O)OC[C@H](COP(=O)(O)O)OC(=O)CCCCCCC/C=C\CCCCCCCCC. The van der Waals surface area contributed by atoms with Gasteiger partial charge in [0.1, 0.15) is 6.61 Å². The minimum Gasteiger partial charge on any atom is -0.462 e. The van der Waals surface area contributed by atoms with Gasteiger partial charge in [0.2, 0.25) is 0 Å². The summed E-state index contributed by atoms with van der Waals surface area (Å²) in [7, 11) is -4.77. The number of hydrogen-bond acceptors (Lipinski definition) is 6. The quantitative estimate of drug-likeness (QED) is 0.0282. The highest BCUT2D eigenvalue weighted by atomic mass is 31.2. The Labute approximate surface area is 311 Å². The van der Waals surface area contributed by atoms with Crippen molar-refractivity contribution in [1.82, 2.24) is 0 Å². The van der Waals surface area contributed by atoms with E-state index in [0.717, 1.165) is 57.8 Å². The summed E-state index contributed by atoms with van der Waals surface area (Å²) >= 11 is 0. The average molecular weight is 737 g/mol. The zero-order valence-electron chi connectivity index (χ0n) is 32.2. The van der Waals surface area contributed by atoms with E-state index in [1.807, 2.05) is 6.08 Å². The average Bonchev–Trinajstić information content (AvgIpc) is 3.10. The molecule has 0 aromatic rings. The van der Waals surface area contributed by atoms with Crippen LogP contribution in [0.1, 0.15) is 174 Å². The van der Waals surface area contributed by atoms with E-state index in [-0.39, 0.29) is 19.4 Å². The van der Waals surface area contributed by atoms with Gasteiger partial charge in [0, 0.05) is 12.8 Å². The molecule has 0 radical (unpaired) electrons. The highest BCUT2D eigenvalue weighted by Gasteiger charge is 2.22. The van der Waals surface area contributed by atoms with Gasteiger partial charge < -0.3 is 19.3 Å². The zero-order valence-corrected chi connectivity index (χ0v) is 33.1. The molecule has 0 heterocycles. The molecule has 0 unspecified atom stereocenters. The van der Waals surface area contributed by atoms with Crippen LogP contribution < -0.4 is 0 Å². The molecule has 9 heteroatoms. The predicted octanol–water partition coefficient (Wildman–Crippen LogP) is 12.1.